The van der Waals surface area contributed by atoms with Gasteiger partial charge in [0.15, 0.2) is 0 Å². The number of benzene rings is 1. The Balaban J connectivity index is 1.55. The maximum Gasteiger partial charge on any atom is 0.0931 e. The summed E-state index contributed by atoms with van der Waals surface area (Å²) in [5.74, 6) is 0. The summed E-state index contributed by atoms with van der Waals surface area (Å²) in [6.45, 7) is 2.52. The minimum Gasteiger partial charge on any atom is -0.387 e. The smallest absolute Gasteiger partial charge is 0.0931 e. The molecule has 0 radical (unpaired) electrons. The molecule has 1 N–H and O–H groups in total. The maximum atomic E-state index is 10.3. The molecule has 1 unspecified atom stereocenters. The Bertz CT molecular complexity index is 567. The summed E-state index contributed by atoms with van der Waals surface area (Å²) in [6.07, 6.45) is 5.14. The van der Waals surface area contributed by atoms with E-state index in [2.05, 4.69) is 15.2 Å². The highest BCUT2D eigenvalue weighted by atomic mass is 35.5. The first-order valence-corrected chi connectivity index (χ1v) is 7.62. The summed E-state index contributed by atoms with van der Waals surface area (Å²) < 4.78 is 1.93. The molecule has 112 valence electrons. The van der Waals surface area contributed by atoms with Crippen molar-refractivity contribution in [1.29, 1.82) is 0 Å². The lowest BCUT2D eigenvalue weighted by molar-refractivity contribution is 0.0887. The molecular formula is C15H19ClN4O. The minimum atomic E-state index is -0.540. The molecule has 0 aliphatic carbocycles. The molecule has 0 saturated carbocycles. The molecule has 21 heavy (non-hydrogen) atoms. The Kier molecular flexibility index (Phi) is 4.53. The van der Waals surface area contributed by atoms with Gasteiger partial charge in [-0.25, -0.2) is 4.68 Å². The van der Waals surface area contributed by atoms with Crippen molar-refractivity contribution in [1.82, 2.24) is 19.9 Å². The molecular weight excluding hydrogens is 288 g/mol. The van der Waals surface area contributed by atoms with Gasteiger partial charge < -0.3 is 10.0 Å². The highest BCUT2D eigenvalue weighted by Crippen LogP contribution is 2.26. The van der Waals surface area contributed by atoms with Crippen molar-refractivity contribution in [3.63, 3.8) is 0 Å². The Morgan fingerprint density at radius 2 is 2.05 bits per heavy atom. The number of hydrogen-bond acceptors (Lipinski definition) is 4. The molecule has 2 heterocycles. The van der Waals surface area contributed by atoms with Crippen molar-refractivity contribution in [2.45, 2.75) is 25.0 Å². The third kappa shape index (κ3) is 3.43. The Labute approximate surface area is 129 Å². The molecule has 6 heteroatoms. The minimum absolute atomic E-state index is 0.418. The van der Waals surface area contributed by atoms with Crippen LogP contribution in [-0.2, 0) is 0 Å². The number of rotatable bonds is 4. The molecule has 2 aromatic rings. The predicted molar refractivity (Wildman–Crippen MR) is 81.1 cm³/mol. The number of nitrogens with zero attached hydrogens (tertiary/aromatic N) is 4. The van der Waals surface area contributed by atoms with Gasteiger partial charge in [0, 0.05) is 36.4 Å². The molecule has 1 aromatic carbocycles. The molecule has 0 bridgehead atoms. The number of hydrogen-bond donors (Lipinski definition) is 1. The first-order valence-electron chi connectivity index (χ1n) is 7.24. The quantitative estimate of drug-likeness (QED) is 0.942. The van der Waals surface area contributed by atoms with E-state index in [4.69, 9.17) is 11.6 Å². The molecule has 5 nitrogen and oxygen atoms in total. The third-order valence-corrected chi connectivity index (χ3v) is 4.41. The molecule has 0 amide bonds. The first-order chi connectivity index (χ1) is 10.2. The third-order valence-electron chi connectivity index (χ3n) is 4.07. The second-order valence-electron chi connectivity index (χ2n) is 5.45. The lowest BCUT2D eigenvalue weighted by atomic mass is 10.0. The van der Waals surface area contributed by atoms with Crippen LogP contribution < -0.4 is 0 Å². The average Bonchev–Trinajstić information content (AvgIpc) is 3.02. The fourth-order valence-corrected chi connectivity index (χ4v) is 3.13. The molecule has 1 fully saturated rings. The molecule has 1 aromatic heterocycles. The van der Waals surface area contributed by atoms with Gasteiger partial charge in [0.05, 0.1) is 18.3 Å². The zero-order valence-electron chi connectivity index (χ0n) is 11.8. The molecule has 1 atom stereocenters. The summed E-state index contributed by atoms with van der Waals surface area (Å²) in [6, 6.07) is 7.90. The zero-order chi connectivity index (χ0) is 14.7. The van der Waals surface area contributed by atoms with E-state index in [1.807, 2.05) is 35.1 Å². The average molecular weight is 307 g/mol. The van der Waals surface area contributed by atoms with E-state index >= 15 is 0 Å². The molecule has 1 aliphatic heterocycles. The van der Waals surface area contributed by atoms with Crippen LogP contribution in [0.25, 0.3) is 0 Å². The first kappa shape index (κ1) is 14.5. The van der Waals surface area contributed by atoms with Crippen molar-refractivity contribution < 1.29 is 5.11 Å². The molecule has 1 saturated heterocycles. The van der Waals surface area contributed by atoms with Crippen molar-refractivity contribution in [3.05, 3.63) is 47.2 Å². The van der Waals surface area contributed by atoms with Crippen LogP contribution in [0, 0.1) is 0 Å². The highest BCUT2D eigenvalue weighted by molar-refractivity contribution is 6.31. The monoisotopic (exact) mass is 306 g/mol. The van der Waals surface area contributed by atoms with Crippen molar-refractivity contribution in [2.75, 3.05) is 19.6 Å². The van der Waals surface area contributed by atoms with Crippen molar-refractivity contribution >= 4 is 11.6 Å². The Morgan fingerprint density at radius 3 is 2.71 bits per heavy atom. The van der Waals surface area contributed by atoms with Gasteiger partial charge in [-0.2, -0.15) is 0 Å². The van der Waals surface area contributed by atoms with Gasteiger partial charge in [-0.05, 0) is 18.9 Å². The van der Waals surface area contributed by atoms with Crippen LogP contribution in [0.4, 0.5) is 0 Å². The molecule has 1 aliphatic rings. The van der Waals surface area contributed by atoms with Crippen LogP contribution in [0.5, 0.6) is 0 Å². The van der Waals surface area contributed by atoms with Gasteiger partial charge >= 0.3 is 0 Å². The van der Waals surface area contributed by atoms with Crippen LogP contribution in [0.2, 0.25) is 5.02 Å². The van der Waals surface area contributed by atoms with Crippen LogP contribution in [0.1, 0.15) is 30.6 Å². The second kappa shape index (κ2) is 6.56. The number of likely N-dealkylation sites (tertiary alicyclic amines) is 1. The van der Waals surface area contributed by atoms with Gasteiger partial charge in [-0.15, -0.1) is 5.10 Å². The summed E-state index contributed by atoms with van der Waals surface area (Å²) in [5, 5.41) is 18.9. The fraction of sp³-hybridized carbons (Fsp3) is 0.467. The summed E-state index contributed by atoms with van der Waals surface area (Å²) in [4.78, 5) is 2.28. The van der Waals surface area contributed by atoms with E-state index in [1.165, 1.54) is 0 Å². The second-order valence-corrected chi connectivity index (χ2v) is 5.86. The normalized spacial score (nSPS) is 18.8. The van der Waals surface area contributed by atoms with E-state index in [-0.39, 0.29) is 0 Å². The van der Waals surface area contributed by atoms with Gasteiger partial charge in [-0.1, -0.05) is 35.0 Å². The lowest BCUT2D eigenvalue weighted by Gasteiger charge is -2.33. The van der Waals surface area contributed by atoms with Crippen molar-refractivity contribution in [2.24, 2.45) is 0 Å². The number of halogens is 1. The number of aliphatic hydroxyl groups is 1. The summed E-state index contributed by atoms with van der Waals surface area (Å²) in [5.41, 5.74) is 0.803. The van der Waals surface area contributed by atoms with E-state index in [1.54, 1.807) is 6.20 Å². The Morgan fingerprint density at radius 1 is 1.29 bits per heavy atom. The van der Waals surface area contributed by atoms with Crippen LogP contribution in [-0.4, -0.2) is 44.6 Å². The van der Waals surface area contributed by atoms with Crippen LogP contribution in [0.3, 0.4) is 0 Å². The number of aromatic nitrogens is 3. The van der Waals surface area contributed by atoms with E-state index in [0.29, 0.717) is 17.6 Å². The lowest BCUT2D eigenvalue weighted by Crippen LogP contribution is -2.37. The summed E-state index contributed by atoms with van der Waals surface area (Å²) in [7, 11) is 0. The summed E-state index contributed by atoms with van der Waals surface area (Å²) >= 11 is 6.13. The highest BCUT2D eigenvalue weighted by Gasteiger charge is 2.23. The molecule has 3 rings (SSSR count). The van der Waals surface area contributed by atoms with Crippen LogP contribution in [0.15, 0.2) is 36.7 Å². The number of β-amino-alcohol motifs (C(OH)–C–C–N with tert-alkyl or cyclic N) is 1. The topological polar surface area (TPSA) is 54.2 Å². The fourth-order valence-electron chi connectivity index (χ4n) is 2.87. The van der Waals surface area contributed by atoms with Gasteiger partial charge in [0.1, 0.15) is 0 Å². The maximum absolute atomic E-state index is 10.3. The molecule has 0 spiro atoms. The standard InChI is InChI=1S/C15H19ClN4O/c16-14-4-2-1-3-13(14)15(21)11-19-8-5-12(6-9-19)20-10-7-17-18-20/h1-4,7,10,12,15,21H,5-6,8-9,11H2. The van der Waals surface area contributed by atoms with Crippen LogP contribution >= 0.6 is 11.6 Å². The van der Waals surface area contributed by atoms with Crippen molar-refractivity contribution in [3.8, 4) is 0 Å². The Hall–Kier alpha value is -1.43. The van der Waals surface area contributed by atoms with E-state index in [0.717, 1.165) is 31.5 Å². The van der Waals surface area contributed by atoms with E-state index < -0.39 is 6.10 Å². The van der Waals surface area contributed by atoms with Gasteiger partial charge in [-0.3, -0.25) is 0 Å². The number of aliphatic hydroxyl groups excluding tert-OH is 1. The SMILES string of the molecule is OC(CN1CCC(n2ccnn2)CC1)c1ccccc1Cl. The zero-order valence-corrected chi connectivity index (χ0v) is 12.5. The predicted octanol–water partition coefficient (Wildman–Crippen LogP) is 2.30. The van der Waals surface area contributed by atoms with Gasteiger partial charge in [0.25, 0.3) is 0 Å². The van der Waals surface area contributed by atoms with Gasteiger partial charge in [0.2, 0.25) is 0 Å². The largest absolute Gasteiger partial charge is 0.387 e. The number of piperidine rings is 1. The van der Waals surface area contributed by atoms with E-state index in [9.17, 15) is 5.11 Å².